The fraction of sp³-hybridized carbons (Fsp3) is 0.278. The molecule has 0 unspecified atom stereocenters. The minimum absolute atomic E-state index is 0.155. The Bertz CT molecular complexity index is 606. The summed E-state index contributed by atoms with van der Waals surface area (Å²) in [4.78, 5) is 12.1. The molecule has 20 heavy (non-hydrogen) atoms. The van der Waals surface area contributed by atoms with Gasteiger partial charge in [-0.3, -0.25) is 4.79 Å². The monoisotopic (exact) mass is 265 g/mol. The molecule has 0 bridgehead atoms. The number of hydrogen-bond donors (Lipinski definition) is 1. The van der Waals surface area contributed by atoms with Crippen LogP contribution in [0.3, 0.4) is 0 Å². The summed E-state index contributed by atoms with van der Waals surface area (Å²) in [6.45, 7) is 2.69. The average molecular weight is 265 g/mol. The molecule has 0 saturated heterocycles. The zero-order valence-electron chi connectivity index (χ0n) is 11.7. The summed E-state index contributed by atoms with van der Waals surface area (Å²) in [5.74, 6) is 0.747. The minimum Gasteiger partial charge on any atom is -0.352 e. The van der Waals surface area contributed by atoms with E-state index in [1.165, 1.54) is 11.1 Å². The highest BCUT2D eigenvalue weighted by Crippen LogP contribution is 2.47. The fourth-order valence-electron chi connectivity index (χ4n) is 2.70. The zero-order chi connectivity index (χ0) is 13.9. The van der Waals surface area contributed by atoms with Crippen molar-refractivity contribution in [2.45, 2.75) is 25.8 Å². The number of carbonyl (C=O) groups excluding carboxylic acids is 1. The van der Waals surface area contributed by atoms with Crippen LogP contribution < -0.4 is 5.32 Å². The summed E-state index contributed by atoms with van der Waals surface area (Å²) < 4.78 is 0. The smallest absolute Gasteiger partial charge is 0.224 e. The molecule has 2 atom stereocenters. The predicted molar refractivity (Wildman–Crippen MR) is 80.3 cm³/mol. The number of nitrogens with one attached hydrogen (secondary N) is 1. The van der Waals surface area contributed by atoms with E-state index < -0.39 is 0 Å². The Morgan fingerprint density at radius 2 is 1.95 bits per heavy atom. The molecule has 2 nitrogen and oxygen atoms in total. The molecule has 2 aromatic carbocycles. The van der Waals surface area contributed by atoms with E-state index in [9.17, 15) is 4.79 Å². The van der Waals surface area contributed by atoms with Crippen molar-refractivity contribution in [3.63, 3.8) is 0 Å². The molecule has 2 aromatic rings. The molecule has 1 amide bonds. The Hall–Kier alpha value is -2.09. The molecule has 0 heterocycles. The first-order valence-electron chi connectivity index (χ1n) is 7.12. The summed E-state index contributed by atoms with van der Waals surface area (Å²) >= 11 is 0. The first-order chi connectivity index (χ1) is 9.74. The molecule has 1 saturated carbocycles. The van der Waals surface area contributed by atoms with Crippen LogP contribution in [0, 0.1) is 12.8 Å². The number of carbonyl (C=O) groups is 1. The summed E-state index contributed by atoms with van der Waals surface area (Å²) in [6.07, 6.45) is 0.976. The Kier molecular flexibility index (Phi) is 3.55. The highest BCUT2D eigenvalue weighted by Gasteiger charge is 2.43. The van der Waals surface area contributed by atoms with E-state index in [0.29, 0.717) is 12.5 Å². The maximum absolute atomic E-state index is 12.1. The Morgan fingerprint density at radius 3 is 2.70 bits per heavy atom. The molecule has 0 radical (unpaired) electrons. The van der Waals surface area contributed by atoms with Crippen molar-refractivity contribution in [3.05, 3.63) is 71.3 Å². The lowest BCUT2D eigenvalue weighted by Crippen LogP contribution is -2.24. The largest absolute Gasteiger partial charge is 0.352 e. The average Bonchev–Trinajstić information content (AvgIpc) is 3.26. The van der Waals surface area contributed by atoms with Crippen molar-refractivity contribution in [1.29, 1.82) is 0 Å². The van der Waals surface area contributed by atoms with E-state index in [1.807, 2.05) is 24.3 Å². The summed E-state index contributed by atoms with van der Waals surface area (Å²) in [5.41, 5.74) is 3.67. The summed E-state index contributed by atoms with van der Waals surface area (Å²) in [7, 11) is 0. The van der Waals surface area contributed by atoms with Gasteiger partial charge < -0.3 is 5.32 Å². The van der Waals surface area contributed by atoms with Gasteiger partial charge >= 0.3 is 0 Å². The van der Waals surface area contributed by atoms with Crippen LogP contribution in [0.4, 0.5) is 0 Å². The molecule has 102 valence electrons. The normalized spacial score (nSPS) is 20.4. The van der Waals surface area contributed by atoms with Gasteiger partial charge in [-0.2, -0.15) is 0 Å². The highest BCUT2D eigenvalue weighted by molar-refractivity contribution is 5.82. The van der Waals surface area contributed by atoms with Gasteiger partial charge in [0.2, 0.25) is 5.91 Å². The molecule has 1 aliphatic carbocycles. The van der Waals surface area contributed by atoms with Crippen molar-refractivity contribution in [1.82, 2.24) is 5.32 Å². The van der Waals surface area contributed by atoms with Gasteiger partial charge in [0.05, 0.1) is 0 Å². The molecule has 1 aliphatic rings. The number of hydrogen-bond acceptors (Lipinski definition) is 1. The molecule has 3 rings (SSSR count). The second kappa shape index (κ2) is 5.49. The first kappa shape index (κ1) is 12.9. The van der Waals surface area contributed by atoms with E-state index in [-0.39, 0.29) is 11.8 Å². The molecular weight excluding hydrogens is 246 g/mol. The predicted octanol–water partition coefficient (Wildman–Crippen LogP) is 3.41. The third-order valence-corrected chi connectivity index (χ3v) is 3.90. The standard InChI is InChI=1S/C18H19NO/c1-13-6-5-7-14(10-13)12-19-18(20)17-11-16(17)15-8-3-2-4-9-15/h2-10,16-17H,11-12H2,1H3,(H,19,20)/t16-,17+/m1/s1. The SMILES string of the molecule is Cc1cccc(CNC(=O)[C@H]2C[C@@H]2c2ccccc2)c1. The van der Waals surface area contributed by atoms with Gasteiger partial charge in [0, 0.05) is 12.5 Å². The van der Waals surface area contributed by atoms with Crippen LogP contribution >= 0.6 is 0 Å². The number of benzene rings is 2. The quantitative estimate of drug-likeness (QED) is 0.901. The number of rotatable bonds is 4. The minimum atomic E-state index is 0.155. The molecular formula is C18H19NO. The van der Waals surface area contributed by atoms with Crippen molar-refractivity contribution < 1.29 is 4.79 Å². The summed E-state index contributed by atoms with van der Waals surface area (Å²) in [6, 6.07) is 18.6. The van der Waals surface area contributed by atoms with Crippen LogP contribution in [0.2, 0.25) is 0 Å². The van der Waals surface area contributed by atoms with Crippen molar-refractivity contribution in [3.8, 4) is 0 Å². The van der Waals surface area contributed by atoms with Gasteiger partial charge in [0.25, 0.3) is 0 Å². The third kappa shape index (κ3) is 2.90. The van der Waals surface area contributed by atoms with Crippen LogP contribution in [-0.4, -0.2) is 5.91 Å². The van der Waals surface area contributed by atoms with E-state index in [0.717, 1.165) is 12.0 Å². The second-order valence-corrected chi connectivity index (χ2v) is 5.57. The zero-order valence-corrected chi connectivity index (χ0v) is 11.7. The van der Waals surface area contributed by atoms with Gasteiger partial charge in [-0.25, -0.2) is 0 Å². The first-order valence-corrected chi connectivity index (χ1v) is 7.12. The van der Waals surface area contributed by atoms with Crippen LogP contribution in [0.5, 0.6) is 0 Å². The van der Waals surface area contributed by atoms with E-state index in [1.54, 1.807) is 0 Å². The number of aryl methyl sites for hydroxylation is 1. The Morgan fingerprint density at radius 1 is 1.15 bits per heavy atom. The van der Waals surface area contributed by atoms with Gasteiger partial charge in [-0.05, 0) is 30.4 Å². The topological polar surface area (TPSA) is 29.1 Å². The third-order valence-electron chi connectivity index (χ3n) is 3.90. The Labute approximate surface area is 119 Å². The maximum Gasteiger partial charge on any atom is 0.224 e. The second-order valence-electron chi connectivity index (χ2n) is 5.57. The van der Waals surface area contributed by atoms with Gasteiger partial charge in [-0.15, -0.1) is 0 Å². The maximum atomic E-state index is 12.1. The Balaban J connectivity index is 1.54. The van der Waals surface area contributed by atoms with Crippen molar-refractivity contribution >= 4 is 5.91 Å². The highest BCUT2D eigenvalue weighted by atomic mass is 16.2. The lowest BCUT2D eigenvalue weighted by molar-refractivity contribution is -0.122. The lowest BCUT2D eigenvalue weighted by atomic mass is 10.1. The van der Waals surface area contributed by atoms with Gasteiger partial charge in [0.1, 0.15) is 0 Å². The summed E-state index contributed by atoms with van der Waals surface area (Å²) in [5, 5.41) is 3.05. The van der Waals surface area contributed by atoms with Crippen molar-refractivity contribution in [2.75, 3.05) is 0 Å². The van der Waals surface area contributed by atoms with E-state index in [2.05, 4.69) is 42.6 Å². The van der Waals surface area contributed by atoms with Gasteiger partial charge in [0.15, 0.2) is 0 Å². The van der Waals surface area contributed by atoms with Crippen molar-refractivity contribution in [2.24, 2.45) is 5.92 Å². The lowest BCUT2D eigenvalue weighted by Gasteiger charge is -2.06. The van der Waals surface area contributed by atoms with Crippen LogP contribution in [0.25, 0.3) is 0 Å². The van der Waals surface area contributed by atoms with Crippen LogP contribution in [0.15, 0.2) is 54.6 Å². The molecule has 0 spiro atoms. The van der Waals surface area contributed by atoms with Crippen LogP contribution in [0.1, 0.15) is 29.0 Å². The molecule has 1 N–H and O–H groups in total. The van der Waals surface area contributed by atoms with E-state index in [4.69, 9.17) is 0 Å². The molecule has 0 aromatic heterocycles. The van der Waals surface area contributed by atoms with Gasteiger partial charge in [-0.1, -0.05) is 60.2 Å². The molecule has 2 heteroatoms. The molecule has 0 aliphatic heterocycles. The molecule has 1 fully saturated rings. The number of amides is 1. The van der Waals surface area contributed by atoms with Crippen LogP contribution in [-0.2, 0) is 11.3 Å². The van der Waals surface area contributed by atoms with E-state index >= 15 is 0 Å². The fourth-order valence-corrected chi connectivity index (χ4v) is 2.70.